The van der Waals surface area contributed by atoms with Crippen LogP contribution in [0.4, 0.5) is 5.82 Å². The van der Waals surface area contributed by atoms with Gasteiger partial charge in [-0.25, -0.2) is 0 Å². The van der Waals surface area contributed by atoms with Gasteiger partial charge < -0.3 is 10.6 Å². The summed E-state index contributed by atoms with van der Waals surface area (Å²) in [6.07, 6.45) is 2.14. The lowest BCUT2D eigenvalue weighted by atomic mass is 10.4. The lowest BCUT2D eigenvalue weighted by Gasteiger charge is -2.04. The normalized spacial score (nSPS) is 10.1. The Hall–Kier alpha value is -1.36. The first kappa shape index (κ1) is 10.7. The van der Waals surface area contributed by atoms with Crippen molar-refractivity contribution in [1.82, 2.24) is 15.1 Å². The Morgan fingerprint density at radius 2 is 2.43 bits per heavy atom. The number of rotatable bonds is 5. The fourth-order valence-corrected chi connectivity index (χ4v) is 1.08. The molecule has 0 saturated carbocycles. The summed E-state index contributed by atoms with van der Waals surface area (Å²) >= 11 is 0. The predicted octanol–water partition coefficient (Wildman–Crippen LogP) is 0.358. The molecule has 14 heavy (non-hydrogen) atoms. The van der Waals surface area contributed by atoms with Crippen LogP contribution in [-0.4, -0.2) is 28.8 Å². The van der Waals surface area contributed by atoms with Crippen LogP contribution in [0, 0.1) is 0 Å². The van der Waals surface area contributed by atoms with Crippen molar-refractivity contribution in [2.45, 2.75) is 13.3 Å². The van der Waals surface area contributed by atoms with Crippen molar-refractivity contribution in [3.8, 4) is 0 Å². The van der Waals surface area contributed by atoms with Crippen molar-refractivity contribution in [2.75, 3.05) is 18.4 Å². The Kier molecular flexibility index (Phi) is 4.12. The van der Waals surface area contributed by atoms with E-state index in [1.807, 2.05) is 6.92 Å². The number of amides is 1. The van der Waals surface area contributed by atoms with E-state index < -0.39 is 0 Å². The smallest absolute Gasteiger partial charge is 0.226 e. The highest BCUT2D eigenvalue weighted by Gasteiger charge is 2.03. The fraction of sp³-hybridized carbons (Fsp3) is 0.556. The lowest BCUT2D eigenvalue weighted by molar-refractivity contribution is -0.116. The summed E-state index contributed by atoms with van der Waals surface area (Å²) in [5.41, 5.74) is 0. The zero-order valence-corrected chi connectivity index (χ0v) is 8.58. The highest BCUT2D eigenvalue weighted by atomic mass is 16.1. The molecule has 1 rings (SSSR count). The van der Waals surface area contributed by atoms with Crippen LogP contribution in [0.25, 0.3) is 0 Å². The van der Waals surface area contributed by atoms with Gasteiger partial charge in [-0.15, -0.1) is 0 Å². The molecule has 0 unspecified atom stereocenters. The fourth-order valence-electron chi connectivity index (χ4n) is 1.08. The molecule has 2 N–H and O–H groups in total. The number of aryl methyl sites for hydroxylation is 1. The standard InChI is InChI=1S/C9H16N4O/c1-3-10-6-5-9(14)12-8-4-7-11-13(8)2/h4,7,10H,3,5-6H2,1-2H3,(H,12,14). The van der Waals surface area contributed by atoms with Crippen molar-refractivity contribution in [3.63, 3.8) is 0 Å². The molecule has 0 aliphatic carbocycles. The molecule has 0 spiro atoms. The highest BCUT2D eigenvalue weighted by molar-refractivity contribution is 5.89. The third kappa shape index (κ3) is 3.18. The Labute approximate surface area is 83.5 Å². The van der Waals surface area contributed by atoms with Crippen LogP contribution in [0.2, 0.25) is 0 Å². The summed E-state index contributed by atoms with van der Waals surface area (Å²) in [5.74, 6) is 0.737. The summed E-state index contributed by atoms with van der Waals surface area (Å²) in [4.78, 5) is 11.3. The zero-order valence-electron chi connectivity index (χ0n) is 8.58. The molecule has 0 saturated heterocycles. The summed E-state index contributed by atoms with van der Waals surface area (Å²) in [7, 11) is 1.79. The van der Waals surface area contributed by atoms with Gasteiger partial charge in [0.15, 0.2) is 0 Å². The Bertz CT molecular complexity index is 295. The summed E-state index contributed by atoms with van der Waals surface area (Å²) in [6, 6.07) is 1.77. The van der Waals surface area contributed by atoms with E-state index >= 15 is 0 Å². The van der Waals surface area contributed by atoms with Crippen molar-refractivity contribution >= 4 is 11.7 Å². The second-order valence-corrected chi connectivity index (χ2v) is 2.99. The monoisotopic (exact) mass is 196 g/mol. The van der Waals surface area contributed by atoms with Gasteiger partial charge >= 0.3 is 0 Å². The van der Waals surface area contributed by atoms with Gasteiger partial charge in [0.2, 0.25) is 5.91 Å². The number of nitrogens with zero attached hydrogens (tertiary/aromatic N) is 2. The van der Waals surface area contributed by atoms with E-state index in [2.05, 4.69) is 15.7 Å². The van der Waals surface area contributed by atoms with Crippen LogP contribution >= 0.6 is 0 Å². The van der Waals surface area contributed by atoms with Gasteiger partial charge in [0.1, 0.15) is 5.82 Å². The van der Waals surface area contributed by atoms with Crippen LogP contribution in [0.1, 0.15) is 13.3 Å². The van der Waals surface area contributed by atoms with E-state index in [9.17, 15) is 4.79 Å². The quantitative estimate of drug-likeness (QED) is 0.668. The van der Waals surface area contributed by atoms with Crippen LogP contribution < -0.4 is 10.6 Å². The average Bonchev–Trinajstić information content (AvgIpc) is 2.52. The molecule has 0 fully saturated rings. The minimum absolute atomic E-state index is 0.00884. The first-order valence-electron chi connectivity index (χ1n) is 4.72. The molecule has 0 aliphatic rings. The van der Waals surface area contributed by atoms with Crippen molar-refractivity contribution in [3.05, 3.63) is 12.3 Å². The van der Waals surface area contributed by atoms with Gasteiger partial charge in [-0.2, -0.15) is 5.10 Å². The minimum Gasteiger partial charge on any atom is -0.316 e. The van der Waals surface area contributed by atoms with E-state index in [0.717, 1.165) is 12.4 Å². The van der Waals surface area contributed by atoms with Gasteiger partial charge in [-0.05, 0) is 6.54 Å². The molecule has 1 aromatic rings. The van der Waals surface area contributed by atoms with E-state index in [1.54, 1.807) is 24.0 Å². The van der Waals surface area contributed by atoms with Crippen molar-refractivity contribution < 1.29 is 4.79 Å². The number of anilines is 1. The maximum Gasteiger partial charge on any atom is 0.226 e. The number of hydrogen-bond donors (Lipinski definition) is 2. The number of carbonyl (C=O) groups is 1. The van der Waals surface area contributed by atoms with Gasteiger partial charge in [0, 0.05) is 26.1 Å². The number of aromatic nitrogens is 2. The van der Waals surface area contributed by atoms with E-state index in [0.29, 0.717) is 13.0 Å². The molecular weight excluding hydrogens is 180 g/mol. The average molecular weight is 196 g/mol. The SMILES string of the molecule is CCNCCC(=O)Nc1ccnn1C. The molecule has 0 atom stereocenters. The van der Waals surface area contributed by atoms with E-state index in [4.69, 9.17) is 0 Å². The number of hydrogen-bond acceptors (Lipinski definition) is 3. The summed E-state index contributed by atoms with van der Waals surface area (Å²) in [5, 5.41) is 9.81. The molecule has 5 nitrogen and oxygen atoms in total. The van der Waals surface area contributed by atoms with Crippen LogP contribution in [0.5, 0.6) is 0 Å². The second kappa shape index (κ2) is 5.39. The van der Waals surface area contributed by atoms with Gasteiger partial charge in [-0.3, -0.25) is 9.48 Å². The zero-order chi connectivity index (χ0) is 10.4. The lowest BCUT2D eigenvalue weighted by Crippen LogP contribution is -2.22. The Balaban J connectivity index is 2.31. The Morgan fingerprint density at radius 3 is 3.00 bits per heavy atom. The summed E-state index contributed by atoms with van der Waals surface area (Å²) < 4.78 is 1.63. The van der Waals surface area contributed by atoms with Crippen molar-refractivity contribution in [1.29, 1.82) is 0 Å². The van der Waals surface area contributed by atoms with E-state index in [1.165, 1.54) is 0 Å². The molecule has 0 radical (unpaired) electrons. The third-order valence-electron chi connectivity index (χ3n) is 1.87. The van der Waals surface area contributed by atoms with Gasteiger partial charge in [0.05, 0.1) is 6.20 Å². The third-order valence-corrected chi connectivity index (χ3v) is 1.87. The molecule has 0 bridgehead atoms. The molecule has 1 amide bonds. The molecule has 0 aliphatic heterocycles. The van der Waals surface area contributed by atoms with Gasteiger partial charge in [0.25, 0.3) is 0 Å². The molecule has 5 heteroatoms. The molecular formula is C9H16N4O. The van der Waals surface area contributed by atoms with Crippen LogP contribution in [0.3, 0.4) is 0 Å². The second-order valence-electron chi connectivity index (χ2n) is 2.99. The Morgan fingerprint density at radius 1 is 1.64 bits per heavy atom. The number of carbonyl (C=O) groups excluding carboxylic acids is 1. The molecule has 0 aromatic carbocycles. The largest absolute Gasteiger partial charge is 0.316 e. The molecule has 1 aromatic heterocycles. The summed E-state index contributed by atoms with van der Waals surface area (Å²) in [6.45, 7) is 3.61. The minimum atomic E-state index is 0.00884. The van der Waals surface area contributed by atoms with E-state index in [-0.39, 0.29) is 5.91 Å². The van der Waals surface area contributed by atoms with Crippen LogP contribution in [0.15, 0.2) is 12.3 Å². The predicted molar refractivity (Wildman–Crippen MR) is 55.0 cm³/mol. The number of nitrogens with one attached hydrogen (secondary N) is 2. The topological polar surface area (TPSA) is 59.0 Å². The van der Waals surface area contributed by atoms with Crippen molar-refractivity contribution in [2.24, 2.45) is 7.05 Å². The molecule has 1 heterocycles. The maximum atomic E-state index is 11.3. The highest BCUT2D eigenvalue weighted by Crippen LogP contribution is 2.03. The molecule has 78 valence electrons. The first-order chi connectivity index (χ1) is 6.74. The maximum absolute atomic E-state index is 11.3. The van der Waals surface area contributed by atoms with Crippen LogP contribution in [-0.2, 0) is 11.8 Å². The first-order valence-corrected chi connectivity index (χ1v) is 4.72. The van der Waals surface area contributed by atoms with Gasteiger partial charge in [-0.1, -0.05) is 6.92 Å².